The lowest BCUT2D eigenvalue weighted by atomic mass is 10.1. The van der Waals surface area contributed by atoms with E-state index in [1.54, 1.807) is 0 Å². The number of Topliss-reactive ketones (excluding diaryl/α,β-unsaturated/α-hetero) is 1. The van der Waals surface area contributed by atoms with Crippen molar-refractivity contribution < 1.29 is 4.79 Å². The molecule has 0 aromatic rings. The second-order valence-electron chi connectivity index (χ2n) is 3.31. The largest absolute Gasteiger partial charge is 0.307 e. The number of carbonyl (C=O) groups excluding carboxylic acids is 1. The first kappa shape index (κ1) is 10.6. The van der Waals surface area contributed by atoms with Gasteiger partial charge in [0.15, 0.2) is 0 Å². The molecule has 2 nitrogen and oxygen atoms in total. The van der Waals surface area contributed by atoms with Crippen LogP contribution in [0.5, 0.6) is 0 Å². The molecule has 0 heterocycles. The zero-order valence-electron chi connectivity index (χ0n) is 7.98. The third kappa shape index (κ3) is 4.96. The van der Waals surface area contributed by atoms with Gasteiger partial charge in [0, 0.05) is 12.5 Å². The molecule has 0 aliphatic carbocycles. The van der Waals surface area contributed by atoms with E-state index < -0.39 is 0 Å². The molecule has 0 fully saturated rings. The van der Waals surface area contributed by atoms with E-state index in [9.17, 15) is 4.79 Å². The zero-order valence-corrected chi connectivity index (χ0v) is 7.98. The molecule has 0 aliphatic heterocycles. The van der Waals surface area contributed by atoms with Gasteiger partial charge in [-0.05, 0) is 12.8 Å². The van der Waals surface area contributed by atoms with Crippen LogP contribution in [0.3, 0.4) is 0 Å². The Kier molecular flexibility index (Phi) is 5.12. The van der Waals surface area contributed by atoms with Crippen LogP contribution in [0.1, 0.15) is 34.1 Å². The number of nitrogens with one attached hydrogen (secondary N) is 1. The molecule has 0 rings (SSSR count). The minimum atomic E-state index is 0.289. The highest BCUT2D eigenvalue weighted by Crippen LogP contribution is 1.98. The van der Waals surface area contributed by atoms with Crippen molar-refractivity contribution in [3.05, 3.63) is 0 Å². The van der Waals surface area contributed by atoms with Gasteiger partial charge < -0.3 is 5.32 Å². The van der Waals surface area contributed by atoms with E-state index in [1.807, 2.05) is 6.92 Å². The van der Waals surface area contributed by atoms with E-state index in [0.29, 0.717) is 24.9 Å². The van der Waals surface area contributed by atoms with Gasteiger partial charge >= 0.3 is 0 Å². The van der Waals surface area contributed by atoms with Gasteiger partial charge in [-0.3, -0.25) is 4.79 Å². The van der Waals surface area contributed by atoms with Gasteiger partial charge in [-0.15, -0.1) is 0 Å². The molecule has 1 N–H and O–H groups in total. The molecule has 0 saturated carbocycles. The number of carbonyl (C=O) groups is 1. The Morgan fingerprint density at radius 1 is 1.36 bits per heavy atom. The van der Waals surface area contributed by atoms with Crippen molar-refractivity contribution in [2.75, 3.05) is 6.54 Å². The van der Waals surface area contributed by atoms with Gasteiger partial charge in [-0.1, -0.05) is 20.8 Å². The van der Waals surface area contributed by atoms with Crippen LogP contribution in [0.15, 0.2) is 0 Å². The van der Waals surface area contributed by atoms with E-state index >= 15 is 0 Å². The average Bonchev–Trinajstić information content (AvgIpc) is 1.99. The summed E-state index contributed by atoms with van der Waals surface area (Å²) < 4.78 is 0. The summed E-state index contributed by atoms with van der Waals surface area (Å²) in [6.45, 7) is 8.82. The Labute approximate surface area is 69.4 Å². The predicted molar refractivity (Wildman–Crippen MR) is 47.6 cm³/mol. The van der Waals surface area contributed by atoms with Crippen LogP contribution in [0.4, 0.5) is 0 Å². The molecule has 1 atom stereocenters. The molecule has 0 amide bonds. The first-order valence-electron chi connectivity index (χ1n) is 4.33. The van der Waals surface area contributed by atoms with Crippen molar-refractivity contribution >= 4 is 5.78 Å². The Hall–Kier alpha value is -0.370. The molecule has 2 heteroatoms. The van der Waals surface area contributed by atoms with Gasteiger partial charge in [0.25, 0.3) is 0 Å². The minimum absolute atomic E-state index is 0.289. The van der Waals surface area contributed by atoms with E-state index in [0.717, 1.165) is 0 Å². The van der Waals surface area contributed by atoms with E-state index in [1.165, 1.54) is 0 Å². The summed E-state index contributed by atoms with van der Waals surface area (Å²) in [5, 5.41) is 3.18. The number of rotatable bonds is 5. The molecule has 11 heavy (non-hydrogen) atoms. The number of hydrogen-bond acceptors (Lipinski definition) is 2. The third-order valence-electron chi connectivity index (χ3n) is 2.02. The van der Waals surface area contributed by atoms with Crippen molar-refractivity contribution in [2.45, 2.75) is 40.2 Å². The first-order valence-corrected chi connectivity index (χ1v) is 4.33. The normalized spacial score (nSPS) is 13.5. The topological polar surface area (TPSA) is 29.1 Å². The fourth-order valence-corrected chi connectivity index (χ4v) is 0.636. The lowest BCUT2D eigenvalue weighted by molar-refractivity contribution is -0.118. The maximum absolute atomic E-state index is 10.9. The molecule has 0 aromatic heterocycles. The van der Waals surface area contributed by atoms with Crippen LogP contribution < -0.4 is 5.32 Å². The van der Waals surface area contributed by atoms with Gasteiger partial charge in [-0.25, -0.2) is 0 Å². The van der Waals surface area contributed by atoms with E-state index in [-0.39, 0.29) is 5.78 Å². The number of ketones is 1. The minimum Gasteiger partial charge on any atom is -0.307 e. The summed E-state index contributed by atoms with van der Waals surface area (Å²) >= 11 is 0. The smallest absolute Gasteiger partial charge is 0.146 e. The third-order valence-corrected chi connectivity index (χ3v) is 2.02. The second kappa shape index (κ2) is 5.30. The quantitative estimate of drug-likeness (QED) is 0.656. The lowest BCUT2D eigenvalue weighted by Gasteiger charge is -2.16. The summed E-state index contributed by atoms with van der Waals surface area (Å²) in [6, 6.07) is 0.436. The van der Waals surface area contributed by atoms with Crippen LogP contribution in [-0.4, -0.2) is 18.4 Å². The molecular weight excluding hydrogens is 138 g/mol. The van der Waals surface area contributed by atoms with Crippen molar-refractivity contribution in [1.29, 1.82) is 0 Å². The van der Waals surface area contributed by atoms with E-state index in [2.05, 4.69) is 26.1 Å². The van der Waals surface area contributed by atoms with Gasteiger partial charge in [0.05, 0.1) is 6.54 Å². The van der Waals surface area contributed by atoms with Crippen LogP contribution in [0, 0.1) is 5.92 Å². The molecule has 0 radical (unpaired) electrons. The fourth-order valence-electron chi connectivity index (χ4n) is 0.636. The fraction of sp³-hybridized carbons (Fsp3) is 0.889. The van der Waals surface area contributed by atoms with E-state index in [4.69, 9.17) is 0 Å². The Bertz CT molecular complexity index is 121. The monoisotopic (exact) mass is 157 g/mol. The maximum Gasteiger partial charge on any atom is 0.146 e. The summed E-state index contributed by atoms with van der Waals surface area (Å²) in [5.41, 5.74) is 0. The van der Waals surface area contributed by atoms with Crippen molar-refractivity contribution in [3.8, 4) is 0 Å². The SMILES string of the molecule is CCC(=O)CNC(C)C(C)C. The maximum atomic E-state index is 10.9. The lowest BCUT2D eigenvalue weighted by Crippen LogP contribution is -2.34. The highest BCUT2D eigenvalue weighted by atomic mass is 16.1. The number of hydrogen-bond donors (Lipinski definition) is 1. The molecule has 0 aliphatic rings. The Balaban J connectivity index is 3.45. The first-order chi connectivity index (χ1) is 5.07. The summed E-state index contributed by atoms with van der Waals surface area (Å²) in [6.07, 6.45) is 0.637. The molecular formula is C9H19NO. The van der Waals surface area contributed by atoms with Crippen molar-refractivity contribution in [3.63, 3.8) is 0 Å². The van der Waals surface area contributed by atoms with Gasteiger partial charge in [-0.2, -0.15) is 0 Å². The van der Waals surface area contributed by atoms with Gasteiger partial charge in [0.2, 0.25) is 0 Å². The molecule has 66 valence electrons. The summed E-state index contributed by atoms with van der Waals surface area (Å²) in [5.74, 6) is 0.886. The zero-order chi connectivity index (χ0) is 8.85. The Morgan fingerprint density at radius 3 is 2.27 bits per heavy atom. The van der Waals surface area contributed by atoms with Crippen LogP contribution >= 0.6 is 0 Å². The molecule has 0 spiro atoms. The summed E-state index contributed by atoms with van der Waals surface area (Å²) in [7, 11) is 0. The Morgan fingerprint density at radius 2 is 1.91 bits per heavy atom. The van der Waals surface area contributed by atoms with Crippen molar-refractivity contribution in [1.82, 2.24) is 5.32 Å². The standard InChI is InChI=1S/C9H19NO/c1-5-9(11)6-10-8(4)7(2)3/h7-8,10H,5-6H2,1-4H3. The van der Waals surface area contributed by atoms with Crippen LogP contribution in [0.25, 0.3) is 0 Å². The molecule has 0 bridgehead atoms. The van der Waals surface area contributed by atoms with Crippen LogP contribution in [-0.2, 0) is 4.79 Å². The second-order valence-corrected chi connectivity index (χ2v) is 3.31. The van der Waals surface area contributed by atoms with Crippen LogP contribution in [0.2, 0.25) is 0 Å². The summed E-state index contributed by atoms with van der Waals surface area (Å²) in [4.78, 5) is 10.9. The highest BCUT2D eigenvalue weighted by molar-refractivity contribution is 5.80. The molecule has 0 aromatic carbocycles. The molecule has 0 saturated heterocycles. The van der Waals surface area contributed by atoms with Gasteiger partial charge in [0.1, 0.15) is 5.78 Å². The average molecular weight is 157 g/mol. The highest BCUT2D eigenvalue weighted by Gasteiger charge is 2.06. The van der Waals surface area contributed by atoms with Crippen molar-refractivity contribution in [2.24, 2.45) is 5.92 Å². The molecule has 1 unspecified atom stereocenters. The predicted octanol–water partition coefficient (Wildman–Crippen LogP) is 1.60.